The Kier molecular flexibility index (Phi) is 7.28. The number of amides is 1. The quantitative estimate of drug-likeness (QED) is 0.646. The second-order valence-corrected chi connectivity index (χ2v) is 5.83. The third-order valence-corrected chi connectivity index (χ3v) is 3.82. The summed E-state index contributed by atoms with van der Waals surface area (Å²) in [5, 5.41) is 6.25. The van der Waals surface area contributed by atoms with Gasteiger partial charge in [0.15, 0.2) is 0 Å². The largest absolute Gasteiger partial charge is 0.497 e. The van der Waals surface area contributed by atoms with Crippen molar-refractivity contribution in [2.75, 3.05) is 26.1 Å². The Morgan fingerprint density at radius 2 is 2.16 bits per heavy atom. The van der Waals surface area contributed by atoms with Crippen molar-refractivity contribution >= 4 is 11.6 Å². The number of hydrogen-bond acceptors (Lipinski definition) is 5. The monoisotopic (exact) mass is 346 g/mol. The van der Waals surface area contributed by atoms with E-state index in [2.05, 4.69) is 15.6 Å². The number of aryl methyl sites for hydroxylation is 1. The molecule has 2 aromatic rings. The zero-order chi connectivity index (χ0) is 18.1. The van der Waals surface area contributed by atoms with E-state index in [4.69, 9.17) is 9.47 Å². The Labute approximate surface area is 148 Å². The second-order valence-electron chi connectivity index (χ2n) is 5.83. The molecule has 0 saturated heterocycles. The Bertz CT molecular complexity index is 658. The van der Waals surface area contributed by atoms with Crippen LogP contribution in [0.2, 0.25) is 0 Å². The lowest BCUT2D eigenvalue weighted by molar-refractivity contribution is -0.116. The van der Waals surface area contributed by atoms with Gasteiger partial charge in [0.1, 0.15) is 11.5 Å². The summed E-state index contributed by atoms with van der Waals surface area (Å²) in [6.45, 7) is 3.75. The molecular weight excluding hydrogens is 320 g/mol. The van der Waals surface area contributed by atoms with Crippen LogP contribution in [-0.4, -0.2) is 42.3 Å². The van der Waals surface area contributed by atoms with Gasteiger partial charge in [-0.25, -0.2) is 4.98 Å². The number of benzene rings is 1. The molecule has 0 spiro atoms. The number of nitrogens with one attached hydrogen (secondary N) is 2. The van der Waals surface area contributed by atoms with Crippen molar-refractivity contribution in [2.24, 2.45) is 0 Å². The molecule has 0 bridgehead atoms. The number of rotatable bonds is 10. The number of ether oxygens (including phenoxy) is 2. The first-order chi connectivity index (χ1) is 12.1. The molecule has 1 amide bonds. The lowest BCUT2D eigenvalue weighted by Crippen LogP contribution is -2.31. The first-order valence-electron chi connectivity index (χ1n) is 8.33. The maximum atomic E-state index is 12.3. The molecule has 0 saturated carbocycles. The Morgan fingerprint density at radius 1 is 1.32 bits per heavy atom. The molecule has 0 aliphatic carbocycles. The molecule has 136 valence electrons. The zero-order valence-electron chi connectivity index (χ0n) is 15.0. The average Bonchev–Trinajstić information content (AvgIpc) is 3.12. The highest BCUT2D eigenvalue weighted by Crippen LogP contribution is 2.28. The Balaban J connectivity index is 1.75. The fraction of sp³-hybridized carbons (Fsp3) is 0.444. The molecule has 0 aliphatic heterocycles. The summed E-state index contributed by atoms with van der Waals surface area (Å²) in [6, 6.07) is 5.39. The first-order valence-corrected chi connectivity index (χ1v) is 8.33. The number of methoxy groups -OCH3 is 2. The molecule has 25 heavy (non-hydrogen) atoms. The van der Waals surface area contributed by atoms with Crippen LogP contribution in [0, 0.1) is 0 Å². The third kappa shape index (κ3) is 6.11. The summed E-state index contributed by atoms with van der Waals surface area (Å²) in [5.74, 6) is 1.21. The maximum absolute atomic E-state index is 12.3. The van der Waals surface area contributed by atoms with Crippen molar-refractivity contribution in [3.8, 4) is 11.5 Å². The van der Waals surface area contributed by atoms with E-state index in [-0.39, 0.29) is 11.9 Å². The van der Waals surface area contributed by atoms with E-state index in [1.54, 1.807) is 44.9 Å². The van der Waals surface area contributed by atoms with Crippen molar-refractivity contribution in [1.82, 2.24) is 14.9 Å². The smallest absolute Gasteiger partial charge is 0.226 e. The SMILES string of the molecule is COc1ccc(OC)c(NC(=O)CC(C)NCCCn2ccnc2)c1. The molecule has 2 rings (SSSR count). The molecule has 0 fully saturated rings. The number of nitrogens with zero attached hydrogens (tertiary/aromatic N) is 2. The standard InChI is InChI=1S/C18H26N4O3/c1-14(20-7-4-9-22-10-8-19-13-22)11-18(23)21-16-12-15(24-2)5-6-17(16)25-3/h5-6,8,10,12-14,20H,4,7,9,11H2,1-3H3,(H,21,23). The fourth-order valence-corrected chi connectivity index (χ4v) is 2.49. The number of aromatic nitrogens is 2. The van der Waals surface area contributed by atoms with Gasteiger partial charge in [-0.05, 0) is 32.0 Å². The number of imidazole rings is 1. The van der Waals surface area contributed by atoms with Crippen LogP contribution < -0.4 is 20.1 Å². The van der Waals surface area contributed by atoms with E-state index in [0.29, 0.717) is 23.6 Å². The minimum atomic E-state index is -0.0684. The molecular formula is C18H26N4O3. The highest BCUT2D eigenvalue weighted by Gasteiger charge is 2.12. The molecule has 7 heteroatoms. The van der Waals surface area contributed by atoms with Crippen LogP contribution in [0.25, 0.3) is 0 Å². The summed E-state index contributed by atoms with van der Waals surface area (Å²) in [4.78, 5) is 16.3. The third-order valence-electron chi connectivity index (χ3n) is 3.82. The van der Waals surface area contributed by atoms with Crippen LogP contribution in [0.1, 0.15) is 19.8 Å². The lowest BCUT2D eigenvalue weighted by atomic mass is 10.2. The van der Waals surface area contributed by atoms with E-state index in [9.17, 15) is 4.79 Å². The number of hydrogen-bond donors (Lipinski definition) is 2. The van der Waals surface area contributed by atoms with Crippen molar-refractivity contribution in [1.29, 1.82) is 0 Å². The molecule has 1 aromatic heterocycles. The average molecular weight is 346 g/mol. The van der Waals surface area contributed by atoms with Gasteiger partial charge in [-0.2, -0.15) is 0 Å². The van der Waals surface area contributed by atoms with Crippen LogP contribution in [0.4, 0.5) is 5.69 Å². The van der Waals surface area contributed by atoms with Gasteiger partial charge in [0.25, 0.3) is 0 Å². The summed E-state index contributed by atoms with van der Waals surface area (Å²) in [6.07, 6.45) is 6.88. The topological polar surface area (TPSA) is 77.4 Å². The molecule has 7 nitrogen and oxygen atoms in total. The van der Waals surface area contributed by atoms with E-state index in [1.165, 1.54) is 0 Å². The minimum Gasteiger partial charge on any atom is -0.497 e. The van der Waals surface area contributed by atoms with Gasteiger partial charge in [0.05, 0.1) is 26.2 Å². The van der Waals surface area contributed by atoms with E-state index in [0.717, 1.165) is 19.5 Å². The van der Waals surface area contributed by atoms with E-state index in [1.807, 2.05) is 17.7 Å². The van der Waals surface area contributed by atoms with Gasteiger partial charge >= 0.3 is 0 Å². The highest BCUT2D eigenvalue weighted by atomic mass is 16.5. The molecule has 0 radical (unpaired) electrons. The number of carbonyl (C=O) groups is 1. The predicted octanol–water partition coefficient (Wildman–Crippen LogP) is 2.30. The van der Waals surface area contributed by atoms with Gasteiger partial charge in [0, 0.05) is 37.5 Å². The lowest BCUT2D eigenvalue weighted by Gasteiger charge is -2.15. The van der Waals surface area contributed by atoms with Gasteiger partial charge < -0.3 is 24.7 Å². The van der Waals surface area contributed by atoms with Crippen LogP contribution in [-0.2, 0) is 11.3 Å². The second kappa shape index (κ2) is 9.68. The predicted molar refractivity (Wildman–Crippen MR) is 97.1 cm³/mol. The minimum absolute atomic E-state index is 0.0684. The molecule has 1 unspecified atom stereocenters. The zero-order valence-corrected chi connectivity index (χ0v) is 15.0. The molecule has 1 atom stereocenters. The van der Waals surface area contributed by atoms with E-state index < -0.39 is 0 Å². The van der Waals surface area contributed by atoms with E-state index >= 15 is 0 Å². The number of anilines is 1. The van der Waals surface area contributed by atoms with Gasteiger partial charge in [-0.1, -0.05) is 0 Å². The summed E-state index contributed by atoms with van der Waals surface area (Å²) in [5.41, 5.74) is 0.610. The van der Waals surface area contributed by atoms with Gasteiger partial charge in [0.2, 0.25) is 5.91 Å². The van der Waals surface area contributed by atoms with Crippen LogP contribution in [0.5, 0.6) is 11.5 Å². The Morgan fingerprint density at radius 3 is 2.84 bits per heavy atom. The molecule has 1 aromatic carbocycles. The van der Waals surface area contributed by atoms with Crippen molar-refractivity contribution < 1.29 is 14.3 Å². The van der Waals surface area contributed by atoms with Crippen LogP contribution >= 0.6 is 0 Å². The molecule has 0 aliphatic rings. The normalized spacial score (nSPS) is 11.8. The highest BCUT2D eigenvalue weighted by molar-refractivity contribution is 5.92. The van der Waals surface area contributed by atoms with Crippen LogP contribution in [0.15, 0.2) is 36.9 Å². The van der Waals surface area contributed by atoms with Crippen molar-refractivity contribution in [3.05, 3.63) is 36.9 Å². The van der Waals surface area contributed by atoms with Gasteiger partial charge in [-0.3, -0.25) is 4.79 Å². The fourth-order valence-electron chi connectivity index (χ4n) is 2.49. The first kappa shape index (κ1) is 18.8. The maximum Gasteiger partial charge on any atom is 0.226 e. The summed E-state index contributed by atoms with van der Waals surface area (Å²) < 4.78 is 12.5. The number of carbonyl (C=O) groups excluding carboxylic acids is 1. The van der Waals surface area contributed by atoms with Crippen molar-refractivity contribution in [2.45, 2.75) is 32.4 Å². The van der Waals surface area contributed by atoms with Gasteiger partial charge in [-0.15, -0.1) is 0 Å². The van der Waals surface area contributed by atoms with Crippen LogP contribution in [0.3, 0.4) is 0 Å². The molecule has 1 heterocycles. The van der Waals surface area contributed by atoms with Crippen molar-refractivity contribution in [3.63, 3.8) is 0 Å². The Hall–Kier alpha value is -2.54. The summed E-state index contributed by atoms with van der Waals surface area (Å²) >= 11 is 0. The summed E-state index contributed by atoms with van der Waals surface area (Å²) in [7, 11) is 3.16. The molecule has 2 N–H and O–H groups in total.